The van der Waals surface area contributed by atoms with Gasteiger partial charge in [0.2, 0.25) is 0 Å². The molecule has 0 radical (unpaired) electrons. The smallest absolute Gasteiger partial charge is 0.119 e. The summed E-state index contributed by atoms with van der Waals surface area (Å²) in [6.07, 6.45) is 3.47. The summed E-state index contributed by atoms with van der Waals surface area (Å²) in [6.45, 7) is 4.18. The van der Waals surface area contributed by atoms with Crippen molar-refractivity contribution in [2.24, 2.45) is 0 Å². The highest BCUT2D eigenvalue weighted by Gasteiger charge is 2.21. The van der Waals surface area contributed by atoms with Gasteiger partial charge in [-0.05, 0) is 43.5 Å². The normalized spacial score (nSPS) is 16.0. The van der Waals surface area contributed by atoms with Crippen LogP contribution in [0, 0.1) is 0 Å². The monoisotopic (exact) mass is 338 g/mol. The van der Waals surface area contributed by atoms with Gasteiger partial charge in [-0.15, -0.1) is 0 Å². The summed E-state index contributed by atoms with van der Waals surface area (Å²) in [5, 5.41) is 0. The minimum Gasteiger partial charge on any atom is -0.489 e. The lowest BCUT2D eigenvalue weighted by atomic mass is 9.97. The standard InChI is InChI=1S/C22H26O3/c1-2-18(15-22-13-14-23-22)19(16-24-20-9-5-3-6-10-20)17-25-21-11-7-4-8-12-21/h3-12,22H,2,13-17H2,1H3. The molecule has 0 aliphatic carbocycles. The molecule has 0 N–H and O–H groups in total. The lowest BCUT2D eigenvalue weighted by molar-refractivity contribution is -0.0496. The molecule has 3 rings (SSSR count). The van der Waals surface area contributed by atoms with E-state index in [0.29, 0.717) is 19.3 Å². The van der Waals surface area contributed by atoms with Gasteiger partial charge < -0.3 is 14.2 Å². The van der Waals surface area contributed by atoms with Gasteiger partial charge in [-0.25, -0.2) is 0 Å². The van der Waals surface area contributed by atoms with Crippen molar-refractivity contribution >= 4 is 0 Å². The van der Waals surface area contributed by atoms with E-state index in [1.807, 2.05) is 60.7 Å². The highest BCUT2D eigenvalue weighted by Crippen LogP contribution is 2.25. The van der Waals surface area contributed by atoms with Gasteiger partial charge in [-0.1, -0.05) is 48.9 Å². The van der Waals surface area contributed by atoms with E-state index in [0.717, 1.165) is 37.4 Å². The molecule has 2 aromatic carbocycles. The number of hydrogen-bond donors (Lipinski definition) is 0. The fraction of sp³-hybridized carbons (Fsp3) is 0.364. The Morgan fingerprint density at radius 3 is 1.80 bits per heavy atom. The minimum atomic E-state index is 0.360. The summed E-state index contributed by atoms with van der Waals surface area (Å²) < 4.78 is 17.6. The van der Waals surface area contributed by atoms with Crippen molar-refractivity contribution in [2.45, 2.75) is 32.3 Å². The van der Waals surface area contributed by atoms with Crippen molar-refractivity contribution in [3.05, 3.63) is 71.8 Å². The minimum absolute atomic E-state index is 0.360. The molecular formula is C22H26O3. The van der Waals surface area contributed by atoms with Crippen LogP contribution in [0.25, 0.3) is 0 Å². The third-order valence-corrected chi connectivity index (χ3v) is 4.51. The topological polar surface area (TPSA) is 27.7 Å². The number of rotatable bonds is 9. The van der Waals surface area contributed by atoms with Gasteiger partial charge in [0.05, 0.1) is 6.10 Å². The molecule has 3 nitrogen and oxygen atoms in total. The quantitative estimate of drug-likeness (QED) is 0.600. The Kier molecular flexibility index (Phi) is 6.52. The maximum absolute atomic E-state index is 5.99. The van der Waals surface area contributed by atoms with Gasteiger partial charge in [0.1, 0.15) is 24.7 Å². The lowest BCUT2D eigenvalue weighted by Gasteiger charge is -2.28. The molecule has 0 amide bonds. The van der Waals surface area contributed by atoms with Crippen molar-refractivity contribution in [3.8, 4) is 11.5 Å². The largest absolute Gasteiger partial charge is 0.489 e. The van der Waals surface area contributed by atoms with E-state index in [2.05, 4.69) is 6.92 Å². The first-order valence-corrected chi connectivity index (χ1v) is 9.02. The summed E-state index contributed by atoms with van der Waals surface area (Å²) in [4.78, 5) is 0. The highest BCUT2D eigenvalue weighted by molar-refractivity contribution is 5.25. The van der Waals surface area contributed by atoms with Crippen molar-refractivity contribution in [3.63, 3.8) is 0 Å². The predicted molar refractivity (Wildman–Crippen MR) is 100 cm³/mol. The Morgan fingerprint density at radius 2 is 1.40 bits per heavy atom. The molecule has 0 bridgehead atoms. The Morgan fingerprint density at radius 1 is 0.880 bits per heavy atom. The van der Waals surface area contributed by atoms with E-state index in [1.165, 1.54) is 11.1 Å². The molecule has 2 aromatic rings. The van der Waals surface area contributed by atoms with Crippen LogP contribution in [0.2, 0.25) is 0 Å². The molecule has 0 aromatic heterocycles. The SMILES string of the molecule is CCC(CC1CCO1)=C(COc1ccccc1)COc1ccccc1. The van der Waals surface area contributed by atoms with Gasteiger partial charge in [0.25, 0.3) is 0 Å². The summed E-state index contributed by atoms with van der Waals surface area (Å²) in [5.74, 6) is 1.77. The average Bonchev–Trinajstić information content (AvgIpc) is 2.64. The zero-order valence-corrected chi connectivity index (χ0v) is 14.8. The van der Waals surface area contributed by atoms with Crippen LogP contribution in [0.4, 0.5) is 0 Å². The van der Waals surface area contributed by atoms with E-state index in [4.69, 9.17) is 14.2 Å². The molecule has 1 saturated heterocycles. The second-order valence-corrected chi connectivity index (χ2v) is 6.25. The molecule has 25 heavy (non-hydrogen) atoms. The maximum atomic E-state index is 5.99. The number of hydrogen-bond acceptors (Lipinski definition) is 3. The molecule has 132 valence electrons. The van der Waals surface area contributed by atoms with Crippen molar-refractivity contribution in [1.82, 2.24) is 0 Å². The molecule has 1 atom stereocenters. The van der Waals surface area contributed by atoms with Crippen molar-refractivity contribution < 1.29 is 14.2 Å². The van der Waals surface area contributed by atoms with Crippen molar-refractivity contribution in [2.75, 3.05) is 19.8 Å². The van der Waals surface area contributed by atoms with E-state index < -0.39 is 0 Å². The summed E-state index contributed by atoms with van der Waals surface area (Å²) in [7, 11) is 0. The highest BCUT2D eigenvalue weighted by atomic mass is 16.5. The summed E-state index contributed by atoms with van der Waals surface area (Å²) in [5.41, 5.74) is 2.60. The first kappa shape index (κ1) is 17.6. The molecule has 1 aliphatic heterocycles. The van der Waals surface area contributed by atoms with Crippen LogP contribution in [-0.4, -0.2) is 25.9 Å². The Labute approximate surface area is 150 Å². The van der Waals surface area contributed by atoms with Crippen LogP contribution in [0.3, 0.4) is 0 Å². The average molecular weight is 338 g/mol. The lowest BCUT2D eigenvalue weighted by Crippen LogP contribution is -2.28. The fourth-order valence-corrected chi connectivity index (χ4v) is 2.88. The van der Waals surface area contributed by atoms with Crippen LogP contribution < -0.4 is 9.47 Å². The second-order valence-electron chi connectivity index (χ2n) is 6.25. The third kappa shape index (κ3) is 5.36. The first-order chi connectivity index (χ1) is 12.3. The Balaban J connectivity index is 1.69. The molecular weight excluding hydrogens is 312 g/mol. The zero-order valence-electron chi connectivity index (χ0n) is 14.8. The van der Waals surface area contributed by atoms with Gasteiger partial charge in [-0.2, -0.15) is 0 Å². The van der Waals surface area contributed by atoms with Gasteiger partial charge in [-0.3, -0.25) is 0 Å². The fourth-order valence-electron chi connectivity index (χ4n) is 2.88. The van der Waals surface area contributed by atoms with Gasteiger partial charge >= 0.3 is 0 Å². The first-order valence-electron chi connectivity index (χ1n) is 9.02. The Bertz CT molecular complexity index is 615. The maximum Gasteiger partial charge on any atom is 0.119 e. The van der Waals surface area contributed by atoms with Crippen molar-refractivity contribution in [1.29, 1.82) is 0 Å². The molecule has 0 saturated carbocycles. The van der Waals surface area contributed by atoms with Gasteiger partial charge in [0, 0.05) is 12.2 Å². The molecule has 3 heteroatoms. The van der Waals surface area contributed by atoms with Crippen LogP contribution in [0.15, 0.2) is 71.8 Å². The molecule has 1 fully saturated rings. The van der Waals surface area contributed by atoms with E-state index in [-0.39, 0.29) is 0 Å². The molecule has 1 heterocycles. The zero-order chi connectivity index (χ0) is 17.3. The van der Waals surface area contributed by atoms with Crippen LogP contribution in [-0.2, 0) is 4.74 Å². The molecule has 0 spiro atoms. The summed E-state index contributed by atoms with van der Waals surface area (Å²) in [6, 6.07) is 19.9. The predicted octanol–water partition coefficient (Wildman–Crippen LogP) is 5.03. The molecule has 1 unspecified atom stereocenters. The molecule has 1 aliphatic rings. The Hall–Kier alpha value is -2.26. The van der Waals surface area contributed by atoms with E-state index >= 15 is 0 Å². The number of ether oxygens (including phenoxy) is 3. The second kappa shape index (κ2) is 9.28. The number of benzene rings is 2. The van der Waals surface area contributed by atoms with Crippen LogP contribution >= 0.6 is 0 Å². The third-order valence-electron chi connectivity index (χ3n) is 4.51. The summed E-state index contributed by atoms with van der Waals surface area (Å²) >= 11 is 0. The van der Waals surface area contributed by atoms with E-state index in [1.54, 1.807) is 0 Å². The van der Waals surface area contributed by atoms with Crippen LogP contribution in [0.5, 0.6) is 11.5 Å². The van der Waals surface area contributed by atoms with Crippen LogP contribution in [0.1, 0.15) is 26.2 Å². The van der Waals surface area contributed by atoms with E-state index in [9.17, 15) is 0 Å². The number of para-hydroxylation sites is 2. The van der Waals surface area contributed by atoms with Gasteiger partial charge in [0.15, 0.2) is 0 Å².